The summed E-state index contributed by atoms with van der Waals surface area (Å²) >= 11 is 0. The van der Waals surface area contributed by atoms with Crippen LogP contribution in [0.2, 0.25) is 0 Å². The second-order valence-electron chi connectivity index (χ2n) is 5.54. The van der Waals surface area contributed by atoms with Gasteiger partial charge in [0.25, 0.3) is 0 Å². The van der Waals surface area contributed by atoms with E-state index >= 15 is 0 Å². The highest BCUT2D eigenvalue weighted by Gasteiger charge is 2.18. The van der Waals surface area contributed by atoms with E-state index in [1.807, 2.05) is 0 Å². The second-order valence-corrected chi connectivity index (χ2v) is 5.54. The van der Waals surface area contributed by atoms with E-state index in [2.05, 4.69) is 48.2 Å². The molecule has 18 heavy (non-hydrogen) atoms. The van der Waals surface area contributed by atoms with E-state index in [-0.39, 0.29) is 0 Å². The molecule has 1 aliphatic heterocycles. The van der Waals surface area contributed by atoms with Gasteiger partial charge in [0.15, 0.2) is 0 Å². The van der Waals surface area contributed by atoms with Crippen molar-refractivity contribution in [1.82, 2.24) is 4.90 Å². The van der Waals surface area contributed by atoms with Crippen molar-refractivity contribution in [2.75, 3.05) is 38.6 Å². The van der Waals surface area contributed by atoms with E-state index < -0.39 is 0 Å². The highest BCUT2D eigenvalue weighted by Crippen LogP contribution is 2.19. The van der Waals surface area contributed by atoms with Crippen LogP contribution in [-0.2, 0) is 6.54 Å². The van der Waals surface area contributed by atoms with Crippen molar-refractivity contribution in [2.45, 2.75) is 19.4 Å². The number of likely N-dealkylation sites (tertiary alicyclic amines) is 1. The molecule has 1 unspecified atom stereocenters. The van der Waals surface area contributed by atoms with Crippen LogP contribution in [0.25, 0.3) is 0 Å². The monoisotopic (exact) mass is 247 g/mol. The largest absolute Gasteiger partial charge is 0.378 e. The molecular formula is C15H25N3. The smallest absolute Gasteiger partial charge is 0.0361 e. The number of anilines is 1. The molecule has 1 saturated heterocycles. The van der Waals surface area contributed by atoms with Crippen LogP contribution in [0.1, 0.15) is 18.4 Å². The fourth-order valence-electron chi connectivity index (χ4n) is 2.64. The van der Waals surface area contributed by atoms with Gasteiger partial charge in [0.1, 0.15) is 0 Å². The van der Waals surface area contributed by atoms with E-state index in [0.29, 0.717) is 5.92 Å². The summed E-state index contributed by atoms with van der Waals surface area (Å²) in [6, 6.07) is 8.86. The van der Waals surface area contributed by atoms with E-state index in [4.69, 9.17) is 5.73 Å². The SMILES string of the molecule is CN(C)c1ccc(CN2CCCC(CN)C2)cc1. The minimum atomic E-state index is 0.694. The van der Waals surface area contributed by atoms with Crippen LogP contribution in [-0.4, -0.2) is 38.6 Å². The predicted octanol–water partition coefficient (Wildman–Crippen LogP) is 1.92. The molecule has 1 aromatic carbocycles. The van der Waals surface area contributed by atoms with Gasteiger partial charge < -0.3 is 10.6 Å². The van der Waals surface area contributed by atoms with Crippen molar-refractivity contribution < 1.29 is 0 Å². The normalized spacial score (nSPS) is 20.9. The molecule has 1 fully saturated rings. The third-order valence-corrected chi connectivity index (χ3v) is 3.80. The summed E-state index contributed by atoms with van der Waals surface area (Å²) in [5.41, 5.74) is 8.44. The Kier molecular flexibility index (Phi) is 4.61. The first-order valence-corrected chi connectivity index (χ1v) is 6.87. The zero-order valence-corrected chi connectivity index (χ0v) is 11.6. The zero-order valence-electron chi connectivity index (χ0n) is 11.6. The first-order valence-electron chi connectivity index (χ1n) is 6.87. The van der Waals surface area contributed by atoms with Crippen molar-refractivity contribution in [3.63, 3.8) is 0 Å². The van der Waals surface area contributed by atoms with Gasteiger partial charge in [-0.25, -0.2) is 0 Å². The number of nitrogens with two attached hydrogens (primary N) is 1. The number of benzene rings is 1. The highest BCUT2D eigenvalue weighted by molar-refractivity contribution is 5.45. The maximum absolute atomic E-state index is 5.78. The number of hydrogen-bond donors (Lipinski definition) is 1. The lowest BCUT2D eigenvalue weighted by Gasteiger charge is -2.32. The molecule has 0 aromatic heterocycles. The summed E-state index contributed by atoms with van der Waals surface area (Å²) < 4.78 is 0. The summed E-state index contributed by atoms with van der Waals surface area (Å²) in [5, 5.41) is 0. The maximum Gasteiger partial charge on any atom is 0.0361 e. The molecule has 0 bridgehead atoms. The molecule has 100 valence electrons. The van der Waals surface area contributed by atoms with E-state index in [9.17, 15) is 0 Å². The van der Waals surface area contributed by atoms with Crippen molar-refractivity contribution in [3.8, 4) is 0 Å². The molecular weight excluding hydrogens is 222 g/mol. The number of piperidine rings is 1. The van der Waals surface area contributed by atoms with Crippen molar-refractivity contribution >= 4 is 5.69 Å². The van der Waals surface area contributed by atoms with Crippen molar-refractivity contribution in [3.05, 3.63) is 29.8 Å². The first-order chi connectivity index (χ1) is 8.69. The Labute approximate surface area is 111 Å². The van der Waals surface area contributed by atoms with Gasteiger partial charge in [-0.15, -0.1) is 0 Å². The third-order valence-electron chi connectivity index (χ3n) is 3.80. The van der Waals surface area contributed by atoms with E-state index in [1.165, 1.54) is 30.6 Å². The lowest BCUT2D eigenvalue weighted by atomic mass is 9.98. The van der Waals surface area contributed by atoms with Crippen LogP contribution in [0.5, 0.6) is 0 Å². The van der Waals surface area contributed by atoms with Gasteiger partial charge in [-0.1, -0.05) is 12.1 Å². The molecule has 1 heterocycles. The van der Waals surface area contributed by atoms with E-state index in [0.717, 1.165) is 19.6 Å². The summed E-state index contributed by atoms with van der Waals surface area (Å²) in [4.78, 5) is 4.67. The first kappa shape index (κ1) is 13.4. The van der Waals surface area contributed by atoms with Gasteiger partial charge in [0.2, 0.25) is 0 Å². The molecule has 1 atom stereocenters. The van der Waals surface area contributed by atoms with Gasteiger partial charge >= 0.3 is 0 Å². The Morgan fingerprint density at radius 1 is 1.28 bits per heavy atom. The molecule has 2 rings (SSSR count). The van der Waals surface area contributed by atoms with Crippen molar-refractivity contribution in [1.29, 1.82) is 0 Å². The van der Waals surface area contributed by atoms with Crippen LogP contribution in [0.4, 0.5) is 5.69 Å². The highest BCUT2D eigenvalue weighted by atomic mass is 15.1. The molecule has 3 heteroatoms. The Morgan fingerprint density at radius 2 is 2.00 bits per heavy atom. The lowest BCUT2D eigenvalue weighted by molar-refractivity contribution is 0.171. The van der Waals surface area contributed by atoms with Gasteiger partial charge in [-0.3, -0.25) is 4.90 Å². The van der Waals surface area contributed by atoms with Gasteiger partial charge in [0.05, 0.1) is 0 Å². The van der Waals surface area contributed by atoms with Gasteiger partial charge in [-0.2, -0.15) is 0 Å². The topological polar surface area (TPSA) is 32.5 Å². The average molecular weight is 247 g/mol. The Bertz CT molecular complexity index is 359. The standard InChI is InChI=1S/C15H25N3/c1-17(2)15-7-5-13(6-8-15)11-18-9-3-4-14(10-16)12-18/h5-8,14H,3-4,9-12,16H2,1-2H3. The van der Waals surface area contributed by atoms with Crippen LogP contribution < -0.4 is 10.6 Å². The molecule has 1 aromatic rings. The molecule has 0 amide bonds. The molecule has 0 radical (unpaired) electrons. The Hall–Kier alpha value is -1.06. The van der Waals surface area contributed by atoms with Gasteiger partial charge in [0, 0.05) is 32.9 Å². The molecule has 0 spiro atoms. The summed E-state index contributed by atoms with van der Waals surface area (Å²) in [7, 11) is 4.15. The number of hydrogen-bond acceptors (Lipinski definition) is 3. The summed E-state index contributed by atoms with van der Waals surface area (Å²) in [5.74, 6) is 0.694. The summed E-state index contributed by atoms with van der Waals surface area (Å²) in [6.45, 7) is 4.26. The molecule has 0 aliphatic carbocycles. The molecule has 0 saturated carbocycles. The number of nitrogens with zero attached hydrogens (tertiary/aromatic N) is 2. The fraction of sp³-hybridized carbons (Fsp3) is 0.600. The quantitative estimate of drug-likeness (QED) is 0.882. The van der Waals surface area contributed by atoms with Crippen molar-refractivity contribution in [2.24, 2.45) is 11.7 Å². The fourth-order valence-corrected chi connectivity index (χ4v) is 2.64. The molecule has 2 N–H and O–H groups in total. The van der Waals surface area contributed by atoms with Gasteiger partial charge in [-0.05, 0) is 49.5 Å². The van der Waals surface area contributed by atoms with Crippen LogP contribution >= 0.6 is 0 Å². The minimum absolute atomic E-state index is 0.694. The maximum atomic E-state index is 5.78. The lowest BCUT2D eigenvalue weighted by Crippen LogP contribution is -2.37. The van der Waals surface area contributed by atoms with Crippen LogP contribution in [0.15, 0.2) is 24.3 Å². The van der Waals surface area contributed by atoms with Crippen LogP contribution in [0.3, 0.4) is 0 Å². The van der Waals surface area contributed by atoms with E-state index in [1.54, 1.807) is 0 Å². The average Bonchev–Trinajstić information content (AvgIpc) is 2.39. The zero-order chi connectivity index (χ0) is 13.0. The molecule has 3 nitrogen and oxygen atoms in total. The number of rotatable bonds is 4. The summed E-state index contributed by atoms with van der Waals surface area (Å²) in [6.07, 6.45) is 2.59. The Balaban J connectivity index is 1.92. The molecule has 1 aliphatic rings. The minimum Gasteiger partial charge on any atom is -0.378 e. The van der Waals surface area contributed by atoms with Crippen LogP contribution in [0, 0.1) is 5.92 Å². The second kappa shape index (κ2) is 6.21. The Morgan fingerprint density at radius 3 is 2.61 bits per heavy atom. The predicted molar refractivity (Wildman–Crippen MR) is 77.8 cm³/mol. The third kappa shape index (κ3) is 3.47.